The summed E-state index contributed by atoms with van der Waals surface area (Å²) in [6, 6.07) is 10.4. The minimum atomic E-state index is 0.504. The van der Waals surface area contributed by atoms with Crippen molar-refractivity contribution in [2.24, 2.45) is 5.92 Å². The Bertz CT molecular complexity index is 747. The fraction of sp³-hybridized carbons (Fsp3) is 0.250. The molecule has 0 spiro atoms. The second kappa shape index (κ2) is 4.50. The lowest BCUT2D eigenvalue weighted by Crippen LogP contribution is -1.97. The van der Waals surface area contributed by atoms with E-state index in [4.69, 9.17) is 5.73 Å². The first-order chi connectivity index (χ1) is 9.15. The summed E-state index contributed by atoms with van der Waals surface area (Å²) in [6.07, 6.45) is 2.81. The molecule has 0 aliphatic rings. The lowest BCUT2D eigenvalue weighted by Gasteiger charge is -2.09. The molecule has 0 radical (unpaired) electrons. The van der Waals surface area contributed by atoms with E-state index >= 15 is 0 Å². The summed E-state index contributed by atoms with van der Waals surface area (Å²) >= 11 is 0. The molecule has 2 N–H and O–H groups in total. The van der Waals surface area contributed by atoms with Gasteiger partial charge in [-0.15, -0.1) is 0 Å². The van der Waals surface area contributed by atoms with E-state index in [1.54, 1.807) is 6.20 Å². The van der Waals surface area contributed by atoms with Gasteiger partial charge in [-0.1, -0.05) is 32.0 Å². The number of hydrogen-bond acceptors (Lipinski definition) is 3. The van der Waals surface area contributed by atoms with E-state index in [1.807, 2.05) is 12.1 Å². The molecular formula is C16H17N3. The van der Waals surface area contributed by atoms with E-state index < -0.39 is 0 Å². The highest BCUT2D eigenvalue weighted by Gasteiger charge is 2.08. The van der Waals surface area contributed by atoms with Crippen molar-refractivity contribution in [2.75, 3.05) is 5.73 Å². The Morgan fingerprint density at radius 1 is 1.16 bits per heavy atom. The Balaban J connectivity index is 2.27. The second-order valence-electron chi connectivity index (χ2n) is 5.35. The normalized spacial score (nSPS) is 11.5. The van der Waals surface area contributed by atoms with E-state index in [0.29, 0.717) is 11.7 Å². The molecule has 3 nitrogen and oxygen atoms in total. The molecule has 0 unspecified atom stereocenters. The van der Waals surface area contributed by atoms with Crippen LogP contribution in [-0.2, 0) is 6.42 Å². The predicted molar refractivity (Wildman–Crippen MR) is 80.0 cm³/mol. The van der Waals surface area contributed by atoms with Crippen molar-refractivity contribution in [3.63, 3.8) is 0 Å². The fourth-order valence-corrected chi connectivity index (χ4v) is 2.51. The van der Waals surface area contributed by atoms with Crippen LogP contribution >= 0.6 is 0 Å². The molecule has 0 amide bonds. The van der Waals surface area contributed by atoms with E-state index in [0.717, 1.165) is 28.2 Å². The minimum absolute atomic E-state index is 0.504. The molecular weight excluding hydrogens is 234 g/mol. The van der Waals surface area contributed by atoms with Crippen molar-refractivity contribution in [3.05, 3.63) is 42.1 Å². The highest BCUT2D eigenvalue weighted by atomic mass is 14.9. The zero-order chi connectivity index (χ0) is 13.4. The third-order valence-electron chi connectivity index (χ3n) is 3.29. The van der Waals surface area contributed by atoms with Gasteiger partial charge in [0.1, 0.15) is 5.52 Å². The maximum absolute atomic E-state index is 6.00. The lowest BCUT2D eigenvalue weighted by molar-refractivity contribution is 0.648. The van der Waals surface area contributed by atoms with Gasteiger partial charge in [0.25, 0.3) is 0 Å². The molecule has 0 aliphatic heterocycles. The number of hydrogen-bond donors (Lipinski definition) is 1. The van der Waals surface area contributed by atoms with Crippen molar-refractivity contribution < 1.29 is 0 Å². The topological polar surface area (TPSA) is 51.8 Å². The van der Waals surface area contributed by atoms with E-state index in [1.165, 1.54) is 5.56 Å². The van der Waals surface area contributed by atoms with Crippen LogP contribution in [0.15, 0.2) is 36.5 Å². The SMILES string of the molecule is CC(C)Cc1ccc2c(c1)nc(N)c1ncccc12. The number of benzene rings is 1. The maximum Gasteiger partial charge on any atom is 0.150 e. The monoisotopic (exact) mass is 251 g/mol. The summed E-state index contributed by atoms with van der Waals surface area (Å²) in [7, 11) is 0. The number of aromatic nitrogens is 2. The third-order valence-corrected chi connectivity index (χ3v) is 3.29. The molecule has 0 fully saturated rings. The highest BCUT2D eigenvalue weighted by Crippen LogP contribution is 2.27. The van der Waals surface area contributed by atoms with Crippen molar-refractivity contribution in [3.8, 4) is 0 Å². The number of nitrogens with two attached hydrogens (primary N) is 1. The van der Waals surface area contributed by atoms with E-state index in [2.05, 4.69) is 42.0 Å². The zero-order valence-corrected chi connectivity index (χ0v) is 11.2. The Morgan fingerprint density at radius 2 is 2.00 bits per heavy atom. The Hall–Kier alpha value is -2.16. The van der Waals surface area contributed by atoms with Crippen LogP contribution in [0, 0.1) is 5.92 Å². The summed E-state index contributed by atoms with van der Waals surface area (Å²) < 4.78 is 0. The number of fused-ring (bicyclic) bond motifs is 3. The van der Waals surface area contributed by atoms with Gasteiger partial charge < -0.3 is 5.73 Å². The molecule has 0 saturated heterocycles. The number of pyridine rings is 2. The predicted octanol–water partition coefficient (Wildman–Crippen LogP) is 3.56. The minimum Gasteiger partial charge on any atom is -0.382 e. The van der Waals surface area contributed by atoms with Gasteiger partial charge in [-0.05, 0) is 30.0 Å². The first kappa shape index (κ1) is 11.9. The van der Waals surface area contributed by atoms with Crippen LogP contribution in [-0.4, -0.2) is 9.97 Å². The lowest BCUT2D eigenvalue weighted by atomic mass is 10.0. The number of nitrogen functional groups attached to an aromatic ring is 1. The molecule has 0 atom stereocenters. The summed E-state index contributed by atoms with van der Waals surface area (Å²) in [5.74, 6) is 1.14. The van der Waals surface area contributed by atoms with Crippen molar-refractivity contribution in [1.82, 2.24) is 9.97 Å². The summed E-state index contributed by atoms with van der Waals surface area (Å²) in [4.78, 5) is 8.80. The van der Waals surface area contributed by atoms with Crippen molar-refractivity contribution >= 4 is 27.6 Å². The van der Waals surface area contributed by atoms with Crippen LogP contribution in [0.25, 0.3) is 21.8 Å². The molecule has 3 rings (SSSR count). The maximum atomic E-state index is 6.00. The van der Waals surface area contributed by atoms with E-state index in [9.17, 15) is 0 Å². The number of anilines is 1. The molecule has 1 aromatic carbocycles. The van der Waals surface area contributed by atoms with Crippen molar-refractivity contribution in [2.45, 2.75) is 20.3 Å². The number of rotatable bonds is 2. The Kier molecular flexibility index (Phi) is 2.82. The Morgan fingerprint density at radius 3 is 2.79 bits per heavy atom. The molecule has 0 saturated carbocycles. The average Bonchev–Trinajstić information content (AvgIpc) is 2.38. The van der Waals surface area contributed by atoms with Gasteiger partial charge in [-0.25, -0.2) is 4.98 Å². The molecule has 0 bridgehead atoms. The third kappa shape index (κ3) is 2.12. The van der Waals surface area contributed by atoms with Crippen LogP contribution in [0.3, 0.4) is 0 Å². The zero-order valence-electron chi connectivity index (χ0n) is 11.2. The molecule has 3 heteroatoms. The quantitative estimate of drug-likeness (QED) is 0.708. The molecule has 2 aromatic heterocycles. The molecule has 96 valence electrons. The van der Waals surface area contributed by atoms with Gasteiger partial charge in [0.2, 0.25) is 0 Å². The average molecular weight is 251 g/mol. The van der Waals surface area contributed by atoms with E-state index in [-0.39, 0.29) is 0 Å². The summed E-state index contributed by atoms with van der Waals surface area (Å²) in [5, 5.41) is 2.19. The van der Waals surface area contributed by atoms with Crippen LogP contribution in [0.5, 0.6) is 0 Å². The van der Waals surface area contributed by atoms with Gasteiger partial charge in [0.15, 0.2) is 5.82 Å². The van der Waals surface area contributed by atoms with Gasteiger partial charge in [-0.3, -0.25) is 4.98 Å². The second-order valence-corrected chi connectivity index (χ2v) is 5.35. The van der Waals surface area contributed by atoms with Crippen LogP contribution in [0.4, 0.5) is 5.82 Å². The van der Waals surface area contributed by atoms with Gasteiger partial charge in [0.05, 0.1) is 5.52 Å². The smallest absolute Gasteiger partial charge is 0.150 e. The summed E-state index contributed by atoms with van der Waals surface area (Å²) in [5.41, 5.74) is 9.04. The van der Waals surface area contributed by atoms with Crippen molar-refractivity contribution in [1.29, 1.82) is 0 Å². The standard InChI is InChI=1S/C16H17N3/c1-10(2)8-11-5-6-12-13-4-3-7-18-15(13)16(17)19-14(12)9-11/h3-7,9-10H,8H2,1-2H3,(H2,17,19). The molecule has 3 aromatic rings. The first-order valence-corrected chi connectivity index (χ1v) is 6.58. The van der Waals surface area contributed by atoms with Crippen LogP contribution in [0.2, 0.25) is 0 Å². The van der Waals surface area contributed by atoms with Crippen LogP contribution < -0.4 is 5.73 Å². The summed E-state index contributed by atoms with van der Waals surface area (Å²) in [6.45, 7) is 4.44. The van der Waals surface area contributed by atoms with Crippen LogP contribution in [0.1, 0.15) is 19.4 Å². The van der Waals surface area contributed by atoms with Gasteiger partial charge >= 0.3 is 0 Å². The molecule has 19 heavy (non-hydrogen) atoms. The van der Waals surface area contributed by atoms with Gasteiger partial charge in [-0.2, -0.15) is 0 Å². The van der Waals surface area contributed by atoms with Gasteiger partial charge in [0, 0.05) is 17.0 Å². The molecule has 2 heterocycles. The fourth-order valence-electron chi connectivity index (χ4n) is 2.51. The highest BCUT2D eigenvalue weighted by molar-refractivity contribution is 6.07. The number of nitrogens with zero attached hydrogens (tertiary/aromatic N) is 2. The first-order valence-electron chi connectivity index (χ1n) is 6.58. The Labute approximate surface area is 112 Å². The molecule has 0 aliphatic carbocycles. The largest absolute Gasteiger partial charge is 0.382 e.